The molecule has 1 fully saturated rings. The molecular formula is C23H16Cl3F4N5O2. The van der Waals surface area contributed by atoms with Crippen LogP contribution in [-0.4, -0.2) is 50.5 Å². The summed E-state index contributed by atoms with van der Waals surface area (Å²) in [7, 11) is 0. The first-order valence-corrected chi connectivity index (χ1v) is 11.9. The number of likely N-dealkylation sites (tertiary alicyclic amines) is 1. The van der Waals surface area contributed by atoms with Crippen molar-refractivity contribution < 1.29 is 27.2 Å². The van der Waals surface area contributed by atoms with Crippen LogP contribution in [0.2, 0.25) is 15.1 Å². The summed E-state index contributed by atoms with van der Waals surface area (Å²) in [5.41, 5.74) is -4.86. The predicted octanol–water partition coefficient (Wildman–Crippen LogP) is 5.53. The molecule has 14 heteroatoms. The summed E-state index contributed by atoms with van der Waals surface area (Å²) in [6.07, 6.45) is -1.19. The monoisotopic (exact) mass is 575 g/mol. The van der Waals surface area contributed by atoms with Crippen LogP contribution in [0, 0.1) is 0 Å². The number of halogens is 7. The summed E-state index contributed by atoms with van der Waals surface area (Å²) in [5, 5.41) is 7.20. The van der Waals surface area contributed by atoms with Crippen LogP contribution in [-0.2, 0) is 27.4 Å². The minimum atomic E-state index is -4.88. The van der Waals surface area contributed by atoms with E-state index in [9.17, 15) is 18.0 Å². The quantitative estimate of drug-likeness (QED) is 0.296. The lowest BCUT2D eigenvalue weighted by Crippen LogP contribution is -2.59. The molecule has 3 aromatic rings. The van der Waals surface area contributed by atoms with Crippen LogP contribution in [0.5, 0.6) is 0 Å². The number of alkyl halides is 4. The fourth-order valence-electron chi connectivity index (χ4n) is 4.21. The van der Waals surface area contributed by atoms with Crippen molar-refractivity contribution in [2.75, 3.05) is 13.1 Å². The van der Waals surface area contributed by atoms with Gasteiger partial charge in [-0.25, -0.2) is 4.39 Å². The number of aromatic nitrogens is 3. The molecule has 194 valence electrons. The Morgan fingerprint density at radius 3 is 2.41 bits per heavy atom. The smallest absolute Gasteiger partial charge is 0.374 e. The number of benzene rings is 1. The Kier molecular flexibility index (Phi) is 6.36. The maximum absolute atomic E-state index is 15.3. The second-order valence-corrected chi connectivity index (χ2v) is 9.93. The van der Waals surface area contributed by atoms with Crippen LogP contribution in [0.25, 0.3) is 0 Å². The SMILES string of the molecule is O=C(Cn1cccn1)N1CC(F)(c2ccc(C3=NOC(c4cc(Cl)c(Cl)c(Cl)c4)(C(F)(F)F)C3)cn2)C1. The molecule has 0 radical (unpaired) electrons. The second-order valence-electron chi connectivity index (χ2n) is 8.74. The Labute approximate surface area is 222 Å². The minimum absolute atomic E-state index is 0.0136. The van der Waals surface area contributed by atoms with E-state index < -0.39 is 23.9 Å². The van der Waals surface area contributed by atoms with Gasteiger partial charge in [0, 0.05) is 29.7 Å². The lowest BCUT2D eigenvalue weighted by molar-refractivity contribution is -0.275. The van der Waals surface area contributed by atoms with Gasteiger partial charge in [-0.2, -0.15) is 18.3 Å². The topological polar surface area (TPSA) is 72.6 Å². The summed E-state index contributed by atoms with van der Waals surface area (Å²) in [6.45, 7) is -0.405. The molecule has 7 nitrogen and oxygen atoms in total. The average molecular weight is 577 g/mol. The van der Waals surface area contributed by atoms with Crippen molar-refractivity contribution in [3.8, 4) is 0 Å². The van der Waals surface area contributed by atoms with E-state index in [4.69, 9.17) is 39.6 Å². The van der Waals surface area contributed by atoms with Crippen molar-refractivity contribution >= 4 is 46.4 Å². The molecule has 1 saturated heterocycles. The number of pyridine rings is 1. The van der Waals surface area contributed by atoms with Crippen molar-refractivity contribution in [1.82, 2.24) is 19.7 Å². The Morgan fingerprint density at radius 2 is 1.84 bits per heavy atom. The molecule has 4 heterocycles. The Hall–Kier alpha value is -2.89. The molecule has 1 atom stereocenters. The van der Waals surface area contributed by atoms with E-state index >= 15 is 4.39 Å². The van der Waals surface area contributed by atoms with E-state index in [0.717, 1.165) is 12.1 Å². The Bertz CT molecular complexity index is 1350. The third-order valence-corrected chi connectivity index (χ3v) is 7.48. The fourth-order valence-corrected chi connectivity index (χ4v) is 4.80. The van der Waals surface area contributed by atoms with Gasteiger partial charge in [-0.1, -0.05) is 40.0 Å². The zero-order valence-electron chi connectivity index (χ0n) is 18.6. The standard InChI is InChI=1S/C23H16Cl3F4N5O2/c24-15-6-14(7-16(25)20(15)26)22(23(28,29)30)8-17(33-37-22)13-2-3-18(31-9-13)21(27)11-34(12-21)19(36)10-35-5-1-4-32-35/h1-7,9H,8,10-12H2. The molecule has 1 amide bonds. The normalized spacial score (nSPS) is 20.8. The van der Waals surface area contributed by atoms with Crippen molar-refractivity contribution in [1.29, 1.82) is 0 Å². The largest absolute Gasteiger partial charge is 0.435 e. The summed E-state index contributed by atoms with van der Waals surface area (Å²) < 4.78 is 59.5. The summed E-state index contributed by atoms with van der Waals surface area (Å²) >= 11 is 17.8. The van der Waals surface area contributed by atoms with Crippen LogP contribution in [0.3, 0.4) is 0 Å². The molecule has 2 aliphatic heterocycles. The first-order valence-electron chi connectivity index (χ1n) is 10.8. The number of amides is 1. The molecular weight excluding hydrogens is 561 g/mol. The van der Waals surface area contributed by atoms with Crippen molar-refractivity contribution in [2.24, 2.45) is 5.16 Å². The number of oxime groups is 1. The molecule has 1 aromatic carbocycles. The first-order chi connectivity index (χ1) is 17.4. The Morgan fingerprint density at radius 1 is 1.14 bits per heavy atom. The van der Waals surface area contributed by atoms with Gasteiger partial charge < -0.3 is 9.74 Å². The summed E-state index contributed by atoms with van der Waals surface area (Å²) in [4.78, 5) is 22.7. The number of nitrogens with zero attached hydrogens (tertiary/aromatic N) is 5. The van der Waals surface area contributed by atoms with Crippen LogP contribution in [0.1, 0.15) is 23.2 Å². The zero-order valence-corrected chi connectivity index (χ0v) is 20.9. The van der Waals surface area contributed by atoms with Gasteiger partial charge in [-0.3, -0.25) is 14.5 Å². The van der Waals surface area contributed by atoms with Crippen molar-refractivity contribution in [3.63, 3.8) is 0 Å². The highest BCUT2D eigenvalue weighted by Gasteiger charge is 2.62. The van der Waals surface area contributed by atoms with Crippen LogP contribution in [0.15, 0.2) is 54.1 Å². The van der Waals surface area contributed by atoms with Gasteiger partial charge in [0.05, 0.1) is 46.0 Å². The van der Waals surface area contributed by atoms with Gasteiger partial charge in [-0.05, 0) is 30.3 Å². The number of carbonyl (C=O) groups excluding carboxylic acids is 1. The molecule has 0 aliphatic carbocycles. The molecule has 0 N–H and O–H groups in total. The van der Waals surface area contributed by atoms with Gasteiger partial charge >= 0.3 is 6.18 Å². The maximum atomic E-state index is 15.3. The van der Waals surface area contributed by atoms with Gasteiger partial charge in [0.2, 0.25) is 5.91 Å². The van der Waals surface area contributed by atoms with Crippen LogP contribution < -0.4 is 0 Å². The van der Waals surface area contributed by atoms with E-state index in [1.54, 1.807) is 12.3 Å². The number of rotatable bonds is 5. The summed E-state index contributed by atoms with van der Waals surface area (Å²) in [6, 6.07) is 6.51. The van der Waals surface area contributed by atoms with Crippen LogP contribution >= 0.6 is 34.8 Å². The van der Waals surface area contributed by atoms with E-state index in [-0.39, 0.29) is 63.1 Å². The maximum Gasteiger partial charge on any atom is 0.435 e. The first kappa shape index (κ1) is 25.7. The molecule has 0 bridgehead atoms. The average Bonchev–Trinajstić information content (AvgIpc) is 3.51. The van der Waals surface area contributed by atoms with E-state index in [1.165, 1.54) is 34.1 Å². The van der Waals surface area contributed by atoms with Gasteiger partial charge in [0.15, 0.2) is 5.67 Å². The van der Waals surface area contributed by atoms with E-state index in [1.807, 2.05) is 0 Å². The second kappa shape index (κ2) is 9.14. The molecule has 0 spiro atoms. The molecule has 5 rings (SSSR count). The summed E-state index contributed by atoms with van der Waals surface area (Å²) in [5.74, 6) is -0.294. The third-order valence-electron chi connectivity index (χ3n) is 6.28. The highest BCUT2D eigenvalue weighted by molar-refractivity contribution is 6.48. The molecule has 37 heavy (non-hydrogen) atoms. The highest BCUT2D eigenvalue weighted by atomic mass is 35.5. The predicted molar refractivity (Wildman–Crippen MR) is 127 cm³/mol. The third kappa shape index (κ3) is 4.53. The molecule has 1 unspecified atom stereocenters. The van der Waals surface area contributed by atoms with Crippen molar-refractivity contribution in [3.05, 3.63) is 80.8 Å². The number of carbonyl (C=O) groups is 1. The van der Waals surface area contributed by atoms with E-state index in [2.05, 4.69) is 15.2 Å². The number of hydrogen-bond donors (Lipinski definition) is 0. The van der Waals surface area contributed by atoms with E-state index in [0.29, 0.717) is 0 Å². The number of hydrogen-bond acceptors (Lipinski definition) is 5. The van der Waals surface area contributed by atoms with Gasteiger partial charge in [-0.15, -0.1) is 0 Å². The highest BCUT2D eigenvalue weighted by Crippen LogP contribution is 2.50. The fraction of sp³-hybridized carbons (Fsp3) is 0.304. The Balaban J connectivity index is 1.31. The van der Waals surface area contributed by atoms with Gasteiger partial charge in [0.25, 0.3) is 5.60 Å². The van der Waals surface area contributed by atoms with Crippen molar-refractivity contribution in [2.45, 2.75) is 30.4 Å². The molecule has 2 aromatic heterocycles. The van der Waals surface area contributed by atoms with Crippen LogP contribution in [0.4, 0.5) is 17.6 Å². The molecule has 0 saturated carbocycles. The molecule has 2 aliphatic rings. The lowest BCUT2D eigenvalue weighted by atomic mass is 9.86. The minimum Gasteiger partial charge on any atom is -0.374 e. The van der Waals surface area contributed by atoms with Gasteiger partial charge in [0.1, 0.15) is 6.54 Å². The zero-order chi connectivity index (χ0) is 26.6. The lowest BCUT2D eigenvalue weighted by Gasteiger charge is -2.43.